The van der Waals surface area contributed by atoms with Crippen molar-refractivity contribution in [2.75, 3.05) is 14.1 Å². The molecule has 0 aliphatic rings. The summed E-state index contributed by atoms with van der Waals surface area (Å²) in [6.45, 7) is 3.40. The minimum atomic E-state index is -0.923. The highest BCUT2D eigenvalue weighted by molar-refractivity contribution is 6.03. The van der Waals surface area contributed by atoms with Crippen LogP contribution in [0, 0.1) is 11.3 Å². The van der Waals surface area contributed by atoms with E-state index >= 15 is 0 Å². The van der Waals surface area contributed by atoms with Gasteiger partial charge in [0.25, 0.3) is 0 Å². The van der Waals surface area contributed by atoms with E-state index in [1.807, 2.05) is 6.07 Å². The van der Waals surface area contributed by atoms with Crippen molar-refractivity contribution in [2.24, 2.45) is 0 Å². The Balaban J connectivity index is 3.09. The highest BCUT2D eigenvalue weighted by Crippen LogP contribution is 2.19. The molecule has 0 unspecified atom stereocenters. The minimum absolute atomic E-state index is 0.0931. The van der Waals surface area contributed by atoms with E-state index < -0.39 is 5.54 Å². The van der Waals surface area contributed by atoms with E-state index in [1.165, 1.54) is 23.5 Å². The van der Waals surface area contributed by atoms with E-state index in [4.69, 9.17) is 5.26 Å². The molecule has 0 radical (unpaired) electrons. The number of carbonyl (C=O) groups excluding carboxylic acids is 1. The number of aromatic nitrogens is 3. The molecule has 0 atom stereocenters. The Morgan fingerprint density at radius 3 is 2.59 bits per heavy atom. The Labute approximate surface area is 100 Å². The van der Waals surface area contributed by atoms with Crippen LogP contribution in [0.1, 0.15) is 13.8 Å². The first-order chi connectivity index (χ1) is 7.89. The van der Waals surface area contributed by atoms with Crippen molar-refractivity contribution in [1.82, 2.24) is 19.7 Å². The largest absolute Gasteiger partial charge is 0.382 e. The summed E-state index contributed by atoms with van der Waals surface area (Å²) in [6, 6.07) is 1.91. The topological polar surface area (TPSA) is 74.8 Å². The third-order valence-electron chi connectivity index (χ3n) is 2.30. The van der Waals surface area contributed by atoms with Gasteiger partial charge >= 0.3 is 0 Å². The average molecular weight is 233 g/mol. The molecule has 0 spiro atoms. The quantitative estimate of drug-likeness (QED) is 0.561. The van der Waals surface area contributed by atoms with Gasteiger partial charge in [-0.25, -0.2) is 9.67 Å². The highest BCUT2D eigenvalue weighted by Gasteiger charge is 2.33. The van der Waals surface area contributed by atoms with Crippen molar-refractivity contribution >= 4 is 5.78 Å². The molecular weight excluding hydrogens is 218 g/mol. The van der Waals surface area contributed by atoms with Crippen LogP contribution >= 0.6 is 0 Å². The molecule has 17 heavy (non-hydrogen) atoms. The summed E-state index contributed by atoms with van der Waals surface area (Å²) < 4.78 is 1.44. The molecule has 0 fully saturated rings. The molecule has 0 aromatic carbocycles. The molecule has 0 saturated carbocycles. The normalized spacial score (nSPS) is 12.1. The zero-order chi connectivity index (χ0) is 13.1. The molecule has 0 aliphatic heterocycles. The number of nitriles is 1. The average Bonchev–Trinajstić information content (AvgIpc) is 2.78. The van der Waals surface area contributed by atoms with Gasteiger partial charge in [-0.05, 0) is 13.8 Å². The number of rotatable bonds is 4. The molecule has 0 saturated heterocycles. The number of ketones is 1. The molecule has 1 aromatic rings. The van der Waals surface area contributed by atoms with Gasteiger partial charge in [-0.2, -0.15) is 10.4 Å². The van der Waals surface area contributed by atoms with Gasteiger partial charge < -0.3 is 4.90 Å². The van der Waals surface area contributed by atoms with Gasteiger partial charge in [0, 0.05) is 20.3 Å². The van der Waals surface area contributed by atoms with Crippen molar-refractivity contribution in [3.63, 3.8) is 0 Å². The Bertz CT molecular complexity index is 465. The van der Waals surface area contributed by atoms with Crippen molar-refractivity contribution in [3.05, 3.63) is 24.4 Å². The van der Waals surface area contributed by atoms with Crippen LogP contribution in [-0.4, -0.2) is 39.5 Å². The Morgan fingerprint density at radius 2 is 2.18 bits per heavy atom. The second-order valence-corrected chi connectivity index (χ2v) is 4.35. The Kier molecular flexibility index (Phi) is 3.63. The van der Waals surface area contributed by atoms with Crippen molar-refractivity contribution in [2.45, 2.75) is 19.4 Å². The number of hydrogen-bond acceptors (Lipinski definition) is 5. The molecule has 1 heterocycles. The summed E-state index contributed by atoms with van der Waals surface area (Å²) >= 11 is 0. The Morgan fingerprint density at radius 1 is 1.53 bits per heavy atom. The molecule has 6 heteroatoms. The van der Waals surface area contributed by atoms with E-state index in [0.29, 0.717) is 0 Å². The summed E-state index contributed by atoms with van der Waals surface area (Å²) in [7, 11) is 3.51. The molecule has 6 nitrogen and oxygen atoms in total. The molecule has 0 bridgehead atoms. The van der Waals surface area contributed by atoms with Crippen molar-refractivity contribution in [3.8, 4) is 6.07 Å². The first kappa shape index (κ1) is 12.9. The molecule has 1 aromatic heterocycles. The first-order valence-corrected chi connectivity index (χ1v) is 5.08. The molecule has 90 valence electrons. The zero-order valence-corrected chi connectivity index (χ0v) is 10.4. The maximum Gasteiger partial charge on any atom is 0.201 e. The summed E-state index contributed by atoms with van der Waals surface area (Å²) in [5, 5.41) is 12.9. The SMILES string of the molecule is CN(C)/C=C(\C#N)C(=O)C(C)(C)n1cncn1. The van der Waals surface area contributed by atoms with E-state index in [0.717, 1.165) is 0 Å². The van der Waals surface area contributed by atoms with Gasteiger partial charge in [0.05, 0.1) is 0 Å². The predicted molar refractivity (Wildman–Crippen MR) is 61.7 cm³/mol. The Hall–Kier alpha value is -2.16. The fourth-order valence-electron chi connectivity index (χ4n) is 1.33. The van der Waals surface area contributed by atoms with E-state index in [2.05, 4.69) is 10.1 Å². The molecule has 1 rings (SSSR count). The van der Waals surface area contributed by atoms with Gasteiger partial charge in [-0.3, -0.25) is 4.79 Å². The fourth-order valence-corrected chi connectivity index (χ4v) is 1.33. The maximum atomic E-state index is 12.2. The van der Waals surface area contributed by atoms with Crippen LogP contribution in [0.5, 0.6) is 0 Å². The molecule has 0 aliphatic carbocycles. The van der Waals surface area contributed by atoms with Crippen molar-refractivity contribution in [1.29, 1.82) is 5.26 Å². The van der Waals surface area contributed by atoms with Crippen LogP contribution in [0.25, 0.3) is 0 Å². The molecular formula is C11H15N5O. The van der Waals surface area contributed by atoms with Gasteiger partial charge in [0.2, 0.25) is 5.78 Å². The lowest BCUT2D eigenvalue weighted by molar-refractivity contribution is -0.122. The van der Waals surface area contributed by atoms with Crippen LogP contribution in [0.2, 0.25) is 0 Å². The van der Waals surface area contributed by atoms with Crippen LogP contribution in [0.3, 0.4) is 0 Å². The predicted octanol–water partition coefficient (Wildman–Crippen LogP) is 0.551. The van der Waals surface area contributed by atoms with Crippen LogP contribution in [0.4, 0.5) is 0 Å². The summed E-state index contributed by atoms with van der Waals surface area (Å²) in [6.07, 6.45) is 4.32. The fraction of sp³-hybridized carbons (Fsp3) is 0.455. The van der Waals surface area contributed by atoms with E-state index in [-0.39, 0.29) is 11.4 Å². The zero-order valence-electron chi connectivity index (χ0n) is 10.4. The monoisotopic (exact) mass is 233 g/mol. The highest BCUT2D eigenvalue weighted by atomic mass is 16.1. The molecule has 0 amide bonds. The lowest BCUT2D eigenvalue weighted by atomic mass is 9.94. The van der Waals surface area contributed by atoms with E-state index in [1.54, 1.807) is 32.8 Å². The van der Waals surface area contributed by atoms with Crippen molar-refractivity contribution < 1.29 is 4.79 Å². The molecule has 0 N–H and O–H groups in total. The second kappa shape index (κ2) is 4.78. The van der Waals surface area contributed by atoms with Gasteiger partial charge in [0.15, 0.2) is 0 Å². The third-order valence-corrected chi connectivity index (χ3v) is 2.30. The number of carbonyl (C=O) groups is 1. The maximum absolute atomic E-state index is 12.2. The first-order valence-electron chi connectivity index (χ1n) is 5.08. The van der Waals surface area contributed by atoms with Gasteiger partial charge in [-0.1, -0.05) is 0 Å². The summed E-state index contributed by atoms with van der Waals surface area (Å²) in [5.74, 6) is -0.292. The number of hydrogen-bond donors (Lipinski definition) is 0. The third kappa shape index (κ3) is 2.69. The van der Waals surface area contributed by atoms with E-state index in [9.17, 15) is 4.79 Å². The van der Waals surface area contributed by atoms with Crippen LogP contribution < -0.4 is 0 Å². The lowest BCUT2D eigenvalue weighted by Crippen LogP contribution is -2.37. The lowest BCUT2D eigenvalue weighted by Gasteiger charge is -2.22. The van der Waals surface area contributed by atoms with Crippen LogP contribution in [0.15, 0.2) is 24.4 Å². The summed E-state index contributed by atoms with van der Waals surface area (Å²) in [4.78, 5) is 17.7. The number of Topliss-reactive ketones (excluding diaryl/α,β-unsaturated/α-hetero) is 1. The standard InChI is InChI=1S/C11H15N5O/c1-11(2,16-8-13-7-14-16)10(17)9(5-12)6-15(3)4/h6-8H,1-4H3/b9-6+. The van der Waals surface area contributed by atoms with Gasteiger partial charge in [0.1, 0.15) is 29.8 Å². The van der Waals surface area contributed by atoms with Gasteiger partial charge in [-0.15, -0.1) is 0 Å². The van der Waals surface area contributed by atoms with Crippen LogP contribution in [-0.2, 0) is 10.3 Å². The minimum Gasteiger partial charge on any atom is -0.382 e. The summed E-state index contributed by atoms with van der Waals surface area (Å²) in [5.41, 5.74) is -0.829. The number of nitrogens with zero attached hydrogens (tertiary/aromatic N) is 5. The number of allylic oxidation sites excluding steroid dienone is 1. The smallest absolute Gasteiger partial charge is 0.201 e. The second-order valence-electron chi connectivity index (χ2n) is 4.35.